The minimum atomic E-state index is 1.03. The van der Waals surface area contributed by atoms with E-state index in [4.69, 9.17) is 0 Å². The van der Waals surface area contributed by atoms with Gasteiger partial charge in [-0.25, -0.2) is 4.52 Å². The minimum Gasteiger partial charge on any atom is -0.240 e. The molecule has 2 heterocycles. The Morgan fingerprint density at radius 2 is 2.33 bits per heavy atom. The standard InChI is InChI=1S/C9H9BrN2/c1-2-7-5-11-12-6-8(10)3-4-9(7)12/h3-6H,2H2,1H3. The molecular weight excluding hydrogens is 216 g/mol. The van der Waals surface area contributed by atoms with Crippen molar-refractivity contribution >= 4 is 21.4 Å². The molecule has 0 fully saturated rings. The molecule has 0 radical (unpaired) electrons. The third-order valence-electron chi connectivity index (χ3n) is 1.94. The van der Waals surface area contributed by atoms with Gasteiger partial charge in [-0.3, -0.25) is 0 Å². The van der Waals surface area contributed by atoms with Crippen molar-refractivity contribution in [3.8, 4) is 0 Å². The van der Waals surface area contributed by atoms with Crippen molar-refractivity contribution in [2.24, 2.45) is 0 Å². The van der Waals surface area contributed by atoms with Crippen LogP contribution in [0.15, 0.2) is 29.0 Å². The predicted molar refractivity (Wildman–Crippen MR) is 52.3 cm³/mol. The van der Waals surface area contributed by atoms with Crippen LogP contribution in [0.2, 0.25) is 0 Å². The van der Waals surface area contributed by atoms with Crippen LogP contribution in [-0.4, -0.2) is 9.61 Å². The molecule has 0 aliphatic heterocycles. The zero-order valence-electron chi connectivity index (χ0n) is 6.79. The fraction of sp³-hybridized carbons (Fsp3) is 0.222. The molecule has 12 heavy (non-hydrogen) atoms. The molecule has 2 nitrogen and oxygen atoms in total. The average Bonchev–Trinajstić information content (AvgIpc) is 2.46. The summed E-state index contributed by atoms with van der Waals surface area (Å²) in [6.07, 6.45) is 4.92. The first-order valence-corrected chi connectivity index (χ1v) is 4.72. The lowest BCUT2D eigenvalue weighted by Gasteiger charge is -1.95. The highest BCUT2D eigenvalue weighted by molar-refractivity contribution is 9.10. The van der Waals surface area contributed by atoms with E-state index in [-0.39, 0.29) is 0 Å². The molecule has 0 aliphatic rings. The highest BCUT2D eigenvalue weighted by atomic mass is 79.9. The van der Waals surface area contributed by atoms with Crippen molar-refractivity contribution in [2.45, 2.75) is 13.3 Å². The first-order chi connectivity index (χ1) is 5.81. The maximum absolute atomic E-state index is 4.24. The van der Waals surface area contributed by atoms with Gasteiger partial charge in [0.25, 0.3) is 0 Å². The molecule has 2 aromatic rings. The van der Waals surface area contributed by atoms with Gasteiger partial charge >= 0.3 is 0 Å². The molecule has 2 aromatic heterocycles. The number of hydrogen-bond acceptors (Lipinski definition) is 1. The first-order valence-electron chi connectivity index (χ1n) is 3.93. The maximum atomic E-state index is 4.24. The summed E-state index contributed by atoms with van der Waals surface area (Å²) in [5.74, 6) is 0. The van der Waals surface area contributed by atoms with E-state index in [1.165, 1.54) is 11.1 Å². The molecular formula is C9H9BrN2. The lowest BCUT2D eigenvalue weighted by Crippen LogP contribution is -1.85. The molecule has 62 valence electrons. The number of fused-ring (bicyclic) bond motifs is 1. The monoisotopic (exact) mass is 224 g/mol. The van der Waals surface area contributed by atoms with E-state index in [1.54, 1.807) is 0 Å². The number of rotatable bonds is 1. The van der Waals surface area contributed by atoms with Crippen LogP contribution in [0, 0.1) is 0 Å². The van der Waals surface area contributed by atoms with Crippen LogP contribution in [0.1, 0.15) is 12.5 Å². The molecule has 3 heteroatoms. The van der Waals surface area contributed by atoms with E-state index >= 15 is 0 Å². The number of aromatic nitrogens is 2. The van der Waals surface area contributed by atoms with Crippen LogP contribution >= 0.6 is 15.9 Å². The Kier molecular flexibility index (Phi) is 1.89. The molecule has 0 aliphatic carbocycles. The molecule has 0 saturated heterocycles. The number of pyridine rings is 1. The van der Waals surface area contributed by atoms with Gasteiger partial charge in [0.2, 0.25) is 0 Å². The second-order valence-corrected chi connectivity index (χ2v) is 3.62. The summed E-state index contributed by atoms with van der Waals surface area (Å²) in [6.45, 7) is 2.14. The van der Waals surface area contributed by atoms with E-state index in [9.17, 15) is 0 Å². The fourth-order valence-corrected chi connectivity index (χ4v) is 1.61. The third kappa shape index (κ3) is 1.14. The van der Waals surface area contributed by atoms with E-state index < -0.39 is 0 Å². The van der Waals surface area contributed by atoms with E-state index in [0.29, 0.717) is 0 Å². The number of nitrogens with zero attached hydrogens (tertiary/aromatic N) is 2. The van der Waals surface area contributed by atoms with Crippen LogP contribution < -0.4 is 0 Å². The van der Waals surface area contributed by atoms with Crippen molar-refractivity contribution < 1.29 is 0 Å². The Morgan fingerprint density at radius 1 is 1.50 bits per heavy atom. The Bertz CT molecular complexity index is 406. The maximum Gasteiger partial charge on any atom is 0.0694 e. The van der Waals surface area contributed by atoms with Gasteiger partial charge in [0, 0.05) is 10.7 Å². The quantitative estimate of drug-likeness (QED) is 0.729. The third-order valence-corrected chi connectivity index (χ3v) is 2.41. The van der Waals surface area contributed by atoms with Crippen molar-refractivity contribution in [1.29, 1.82) is 0 Å². The average molecular weight is 225 g/mol. The smallest absolute Gasteiger partial charge is 0.0694 e. The largest absolute Gasteiger partial charge is 0.240 e. The van der Waals surface area contributed by atoms with Gasteiger partial charge in [0.15, 0.2) is 0 Å². The van der Waals surface area contributed by atoms with Crippen LogP contribution in [0.5, 0.6) is 0 Å². The summed E-state index contributed by atoms with van der Waals surface area (Å²) >= 11 is 3.40. The first kappa shape index (κ1) is 7.80. The van der Waals surface area contributed by atoms with E-state index in [2.05, 4.69) is 34.0 Å². The highest BCUT2D eigenvalue weighted by Crippen LogP contribution is 2.15. The van der Waals surface area contributed by atoms with E-state index in [0.717, 1.165) is 10.9 Å². The van der Waals surface area contributed by atoms with Gasteiger partial charge in [-0.05, 0) is 40.0 Å². The molecule has 2 rings (SSSR count). The molecule has 0 aromatic carbocycles. The molecule has 0 unspecified atom stereocenters. The van der Waals surface area contributed by atoms with Crippen molar-refractivity contribution in [3.63, 3.8) is 0 Å². The summed E-state index contributed by atoms with van der Waals surface area (Å²) in [5.41, 5.74) is 2.49. The highest BCUT2D eigenvalue weighted by Gasteiger charge is 2.00. The van der Waals surface area contributed by atoms with Gasteiger partial charge < -0.3 is 0 Å². The van der Waals surface area contributed by atoms with Crippen LogP contribution in [-0.2, 0) is 6.42 Å². The Labute approximate surface area is 79.3 Å². The Morgan fingerprint density at radius 3 is 3.08 bits per heavy atom. The number of halogens is 1. The molecule has 0 atom stereocenters. The summed E-state index contributed by atoms with van der Waals surface area (Å²) in [4.78, 5) is 0. The second kappa shape index (κ2) is 2.90. The SMILES string of the molecule is CCc1cnn2cc(Br)ccc12. The van der Waals surface area contributed by atoms with Crippen molar-refractivity contribution in [3.05, 3.63) is 34.6 Å². The van der Waals surface area contributed by atoms with Crippen LogP contribution in [0.25, 0.3) is 5.52 Å². The fourth-order valence-electron chi connectivity index (χ4n) is 1.28. The zero-order valence-corrected chi connectivity index (χ0v) is 8.37. The van der Waals surface area contributed by atoms with Crippen LogP contribution in [0.3, 0.4) is 0 Å². The lowest BCUT2D eigenvalue weighted by atomic mass is 10.2. The van der Waals surface area contributed by atoms with Crippen LogP contribution in [0.4, 0.5) is 0 Å². The topological polar surface area (TPSA) is 17.3 Å². The molecule has 0 spiro atoms. The molecule has 0 amide bonds. The molecule has 0 N–H and O–H groups in total. The van der Waals surface area contributed by atoms with Gasteiger partial charge in [-0.15, -0.1) is 0 Å². The summed E-state index contributed by atoms with van der Waals surface area (Å²) in [5, 5.41) is 4.24. The normalized spacial score (nSPS) is 10.8. The van der Waals surface area contributed by atoms with Gasteiger partial charge in [0.1, 0.15) is 0 Å². The number of hydrogen-bond donors (Lipinski definition) is 0. The summed E-state index contributed by atoms with van der Waals surface area (Å²) in [7, 11) is 0. The molecule has 0 bridgehead atoms. The second-order valence-electron chi connectivity index (χ2n) is 2.70. The zero-order chi connectivity index (χ0) is 8.55. The summed E-state index contributed by atoms with van der Waals surface area (Å²) in [6, 6.07) is 4.12. The van der Waals surface area contributed by atoms with Crippen molar-refractivity contribution in [1.82, 2.24) is 9.61 Å². The Balaban J connectivity index is 2.73. The lowest BCUT2D eigenvalue weighted by molar-refractivity contribution is 0.956. The predicted octanol–water partition coefficient (Wildman–Crippen LogP) is 2.66. The summed E-state index contributed by atoms with van der Waals surface area (Å²) < 4.78 is 2.95. The number of aryl methyl sites for hydroxylation is 1. The van der Waals surface area contributed by atoms with E-state index in [1.807, 2.05) is 23.0 Å². The van der Waals surface area contributed by atoms with Gasteiger partial charge in [0.05, 0.1) is 11.7 Å². The van der Waals surface area contributed by atoms with Gasteiger partial charge in [-0.1, -0.05) is 6.92 Å². The minimum absolute atomic E-state index is 1.03. The van der Waals surface area contributed by atoms with Gasteiger partial charge in [-0.2, -0.15) is 5.10 Å². The Hall–Kier alpha value is -0.830. The van der Waals surface area contributed by atoms with Crippen molar-refractivity contribution in [2.75, 3.05) is 0 Å². The molecule has 0 saturated carbocycles.